The van der Waals surface area contributed by atoms with Gasteiger partial charge in [0.15, 0.2) is 5.78 Å². The van der Waals surface area contributed by atoms with Crippen molar-refractivity contribution in [3.05, 3.63) is 94.8 Å². The summed E-state index contributed by atoms with van der Waals surface area (Å²) in [5, 5.41) is 0. The van der Waals surface area contributed by atoms with E-state index >= 15 is 0 Å². The zero-order chi connectivity index (χ0) is 21.8. The molecule has 5 heteroatoms. The third-order valence-electron chi connectivity index (χ3n) is 5.96. The van der Waals surface area contributed by atoms with Gasteiger partial charge in [0, 0.05) is 30.0 Å². The molecule has 0 N–H and O–H groups in total. The first kappa shape index (κ1) is 21.8. The van der Waals surface area contributed by atoms with E-state index in [4.69, 9.17) is 12.2 Å². The van der Waals surface area contributed by atoms with Gasteiger partial charge in [-0.1, -0.05) is 84.6 Å². The number of aryl methyl sites for hydroxylation is 1. The lowest BCUT2D eigenvalue weighted by molar-refractivity contribution is 0.102. The van der Waals surface area contributed by atoms with Crippen LogP contribution in [0.3, 0.4) is 0 Å². The van der Waals surface area contributed by atoms with Gasteiger partial charge in [-0.25, -0.2) is 0 Å². The van der Waals surface area contributed by atoms with Crippen LogP contribution in [0.25, 0.3) is 0 Å². The molecule has 3 aromatic rings. The number of thioether (sulfide) groups is 1. The zero-order valence-corrected chi connectivity index (χ0v) is 19.7. The van der Waals surface area contributed by atoms with Crippen molar-refractivity contribution >= 4 is 34.1 Å². The minimum absolute atomic E-state index is 0.0299. The predicted octanol–water partition coefficient (Wildman–Crippen LogP) is 6.04. The Bertz CT molecular complexity index is 1010. The van der Waals surface area contributed by atoms with Crippen molar-refractivity contribution in [2.45, 2.75) is 32.7 Å². The molecule has 0 spiro atoms. The lowest BCUT2D eigenvalue weighted by Crippen LogP contribution is -2.24. The summed E-state index contributed by atoms with van der Waals surface area (Å²) in [6.07, 6.45) is 2.38. The topological polar surface area (TPSA) is 25.2 Å². The fraction of sp³-hybridized carbons (Fsp3) is 0.308. The molecule has 0 aliphatic carbocycles. The smallest absolute Gasteiger partial charge is 0.174 e. The van der Waals surface area contributed by atoms with E-state index in [0.717, 1.165) is 34.4 Å². The van der Waals surface area contributed by atoms with Crippen LogP contribution in [0.2, 0.25) is 0 Å². The Morgan fingerprint density at radius 3 is 2.06 bits per heavy atom. The fourth-order valence-corrected chi connectivity index (χ4v) is 5.55. The second-order valence-corrected chi connectivity index (χ2v) is 9.66. The Kier molecular flexibility index (Phi) is 6.93. The normalized spacial score (nSPS) is 13.7. The van der Waals surface area contributed by atoms with E-state index in [1.165, 1.54) is 35.7 Å². The number of carbonyl (C=O) groups is 1. The van der Waals surface area contributed by atoms with Gasteiger partial charge < -0.3 is 9.47 Å². The van der Waals surface area contributed by atoms with E-state index in [1.54, 1.807) is 0 Å². The van der Waals surface area contributed by atoms with Crippen LogP contribution < -0.4 is 0 Å². The number of ketones is 1. The largest absolute Gasteiger partial charge is 0.358 e. The van der Waals surface area contributed by atoms with Crippen molar-refractivity contribution < 1.29 is 4.79 Å². The van der Waals surface area contributed by atoms with Gasteiger partial charge in [0.25, 0.3) is 0 Å². The Morgan fingerprint density at radius 2 is 1.52 bits per heavy atom. The maximum atomic E-state index is 13.1. The number of hydrogen-bond acceptors (Lipinski definition) is 3. The molecule has 0 atom stereocenters. The van der Waals surface area contributed by atoms with Gasteiger partial charge in [-0.2, -0.15) is 0 Å². The van der Waals surface area contributed by atoms with Crippen LogP contribution in [-0.2, 0) is 0 Å². The number of aromatic nitrogens is 1. The molecule has 2 heterocycles. The molecule has 1 aliphatic heterocycles. The third kappa shape index (κ3) is 4.78. The Morgan fingerprint density at radius 1 is 0.968 bits per heavy atom. The molecule has 1 aliphatic rings. The first-order valence-corrected chi connectivity index (χ1v) is 12.2. The van der Waals surface area contributed by atoms with Crippen LogP contribution in [-0.4, -0.2) is 38.4 Å². The highest BCUT2D eigenvalue weighted by atomic mass is 32.2. The Hall–Kier alpha value is -2.37. The molecule has 160 valence electrons. The third-order valence-corrected chi connectivity index (χ3v) is 7.49. The van der Waals surface area contributed by atoms with Crippen molar-refractivity contribution in [2.24, 2.45) is 0 Å². The number of Topliss-reactive ketones (excluding diaryl/α,β-unsaturated/α-hetero) is 1. The molecule has 0 radical (unpaired) electrons. The molecule has 1 aromatic heterocycles. The van der Waals surface area contributed by atoms with Crippen LogP contribution in [0.15, 0.2) is 66.7 Å². The lowest BCUT2D eigenvalue weighted by atomic mass is 9.98. The standard InChI is InChI=1S/C26H28N2OS2/c1-19-17-23(24(29)18-31-26(30)27-15-9-10-16-27)20(2)28(19)25(21-11-5-3-6-12-21)22-13-7-4-8-14-22/h3-8,11-14,17,25H,9-10,15-16,18H2,1-2H3. The second-order valence-electron chi connectivity index (χ2n) is 8.05. The van der Waals surface area contributed by atoms with Crippen molar-refractivity contribution in [3.8, 4) is 0 Å². The number of thiocarbonyl (C=S) groups is 1. The molecule has 0 bridgehead atoms. The molecule has 2 aromatic carbocycles. The van der Waals surface area contributed by atoms with Crippen molar-refractivity contribution in [1.29, 1.82) is 0 Å². The van der Waals surface area contributed by atoms with Crippen LogP contribution >= 0.6 is 24.0 Å². The number of nitrogens with zero attached hydrogens (tertiary/aromatic N) is 2. The van der Waals surface area contributed by atoms with Crippen molar-refractivity contribution in [1.82, 2.24) is 9.47 Å². The molecule has 4 rings (SSSR count). The molecule has 0 amide bonds. The maximum Gasteiger partial charge on any atom is 0.174 e. The number of rotatable bonds is 6. The van der Waals surface area contributed by atoms with E-state index < -0.39 is 0 Å². The molecule has 0 saturated carbocycles. The lowest BCUT2D eigenvalue weighted by Gasteiger charge is -2.24. The fourth-order valence-electron chi connectivity index (χ4n) is 4.41. The SMILES string of the molecule is Cc1cc(C(=O)CSC(=S)N2CCCC2)c(C)n1C(c1ccccc1)c1ccccc1. The summed E-state index contributed by atoms with van der Waals surface area (Å²) in [6, 6.07) is 23.0. The monoisotopic (exact) mass is 448 g/mol. The summed E-state index contributed by atoms with van der Waals surface area (Å²) in [6.45, 7) is 6.18. The van der Waals surface area contributed by atoms with E-state index in [9.17, 15) is 4.79 Å². The van der Waals surface area contributed by atoms with E-state index in [-0.39, 0.29) is 11.8 Å². The van der Waals surface area contributed by atoms with Gasteiger partial charge in [0.1, 0.15) is 4.32 Å². The highest BCUT2D eigenvalue weighted by Gasteiger charge is 2.24. The van der Waals surface area contributed by atoms with Gasteiger partial charge >= 0.3 is 0 Å². The average molecular weight is 449 g/mol. The average Bonchev–Trinajstić information content (AvgIpc) is 3.43. The Labute approximate surface area is 194 Å². The van der Waals surface area contributed by atoms with Crippen molar-refractivity contribution in [2.75, 3.05) is 18.8 Å². The minimum Gasteiger partial charge on any atom is -0.358 e. The maximum absolute atomic E-state index is 13.1. The van der Waals surface area contributed by atoms with Gasteiger partial charge in [0.05, 0.1) is 11.8 Å². The molecular weight excluding hydrogens is 420 g/mol. The zero-order valence-electron chi connectivity index (χ0n) is 18.1. The van der Waals surface area contributed by atoms with E-state index in [0.29, 0.717) is 5.75 Å². The molecule has 0 unspecified atom stereocenters. The number of carbonyl (C=O) groups excluding carboxylic acids is 1. The summed E-state index contributed by atoms with van der Waals surface area (Å²) >= 11 is 7.05. The van der Waals surface area contributed by atoms with Gasteiger partial charge in [-0.3, -0.25) is 4.79 Å². The van der Waals surface area contributed by atoms with E-state index in [1.807, 2.05) is 18.2 Å². The minimum atomic E-state index is 0.0299. The summed E-state index contributed by atoms with van der Waals surface area (Å²) in [7, 11) is 0. The molecule has 3 nitrogen and oxygen atoms in total. The quantitative estimate of drug-likeness (QED) is 0.339. The van der Waals surface area contributed by atoms with Gasteiger partial charge in [0.2, 0.25) is 0 Å². The number of likely N-dealkylation sites (tertiary alicyclic amines) is 1. The molecule has 31 heavy (non-hydrogen) atoms. The Balaban J connectivity index is 1.62. The molecule has 1 saturated heterocycles. The summed E-state index contributed by atoms with van der Waals surface area (Å²) in [5.74, 6) is 0.534. The van der Waals surface area contributed by atoms with Crippen LogP contribution in [0, 0.1) is 13.8 Å². The van der Waals surface area contributed by atoms with Gasteiger partial charge in [-0.15, -0.1) is 0 Å². The van der Waals surface area contributed by atoms with E-state index in [2.05, 4.69) is 71.8 Å². The highest BCUT2D eigenvalue weighted by molar-refractivity contribution is 8.23. The molecular formula is C26H28N2OS2. The summed E-state index contributed by atoms with van der Waals surface area (Å²) < 4.78 is 3.15. The highest BCUT2D eigenvalue weighted by Crippen LogP contribution is 2.32. The number of benzene rings is 2. The first-order valence-electron chi connectivity index (χ1n) is 10.8. The first-order chi connectivity index (χ1) is 15.1. The van der Waals surface area contributed by atoms with Gasteiger partial charge in [-0.05, 0) is 43.9 Å². The van der Waals surface area contributed by atoms with Crippen LogP contribution in [0.5, 0.6) is 0 Å². The number of hydrogen-bond donors (Lipinski definition) is 0. The summed E-state index contributed by atoms with van der Waals surface area (Å²) in [5.41, 5.74) is 5.31. The van der Waals surface area contributed by atoms with Crippen molar-refractivity contribution in [3.63, 3.8) is 0 Å². The van der Waals surface area contributed by atoms with Crippen LogP contribution in [0.1, 0.15) is 51.8 Å². The second kappa shape index (κ2) is 9.84. The molecule has 1 fully saturated rings. The summed E-state index contributed by atoms with van der Waals surface area (Å²) in [4.78, 5) is 15.4. The predicted molar refractivity (Wildman–Crippen MR) is 134 cm³/mol. The van der Waals surface area contributed by atoms with Crippen LogP contribution in [0.4, 0.5) is 0 Å².